The molecule has 3 nitrogen and oxygen atoms in total. The molecule has 0 amide bonds. The Hall–Kier alpha value is -2.16. The molecule has 0 bridgehead atoms. The van der Waals surface area contributed by atoms with Gasteiger partial charge in [0, 0.05) is 6.20 Å². The number of aromatic nitrogens is 1. The fourth-order valence-corrected chi connectivity index (χ4v) is 3.01. The highest BCUT2D eigenvalue weighted by molar-refractivity contribution is 5.73. The molecule has 114 valence electrons. The first-order chi connectivity index (χ1) is 10.8. The number of benzene rings is 1. The number of carbonyl (C=O) groups excluding carboxylic acids is 1. The number of pyridine rings is 1. The maximum Gasteiger partial charge on any atom is 0.309 e. The lowest BCUT2D eigenvalue weighted by atomic mass is 9.89. The zero-order valence-corrected chi connectivity index (χ0v) is 12.7. The van der Waals surface area contributed by atoms with Gasteiger partial charge in [-0.2, -0.15) is 0 Å². The molecule has 1 aliphatic carbocycles. The molecular formula is C19H21NO2. The standard InChI is InChI=1S/C19H21NO2/c21-19(16-11-5-2-6-12-16)22-18(15-9-3-1-4-10-15)17-13-7-8-14-20-17/h1,3-4,7-10,13-14,16,18H,2,5-6,11-12H2. The fourth-order valence-electron chi connectivity index (χ4n) is 3.01. The van der Waals surface area contributed by atoms with Gasteiger partial charge in [-0.3, -0.25) is 9.78 Å². The second-order valence-corrected chi connectivity index (χ2v) is 5.82. The van der Waals surface area contributed by atoms with Crippen LogP contribution < -0.4 is 0 Å². The maximum absolute atomic E-state index is 12.5. The Kier molecular flexibility index (Phi) is 4.84. The highest BCUT2D eigenvalue weighted by Gasteiger charge is 2.27. The lowest BCUT2D eigenvalue weighted by Crippen LogP contribution is -2.23. The first-order valence-corrected chi connectivity index (χ1v) is 8.01. The van der Waals surface area contributed by atoms with E-state index >= 15 is 0 Å². The maximum atomic E-state index is 12.5. The molecule has 0 N–H and O–H groups in total. The minimum atomic E-state index is -0.420. The molecule has 0 saturated heterocycles. The molecule has 2 aromatic rings. The summed E-state index contributed by atoms with van der Waals surface area (Å²) in [6.07, 6.45) is 6.69. The Balaban J connectivity index is 1.81. The fraction of sp³-hybridized carbons (Fsp3) is 0.368. The van der Waals surface area contributed by atoms with Crippen molar-refractivity contribution >= 4 is 5.97 Å². The van der Waals surface area contributed by atoms with Gasteiger partial charge in [-0.25, -0.2) is 0 Å². The summed E-state index contributed by atoms with van der Waals surface area (Å²) < 4.78 is 5.86. The van der Waals surface area contributed by atoms with Crippen LogP contribution in [-0.2, 0) is 9.53 Å². The van der Waals surface area contributed by atoms with Crippen LogP contribution in [-0.4, -0.2) is 11.0 Å². The summed E-state index contributed by atoms with van der Waals surface area (Å²) in [5.74, 6) is -0.0390. The quantitative estimate of drug-likeness (QED) is 0.790. The van der Waals surface area contributed by atoms with Crippen LogP contribution in [0.25, 0.3) is 0 Å². The van der Waals surface area contributed by atoms with Crippen molar-refractivity contribution in [1.29, 1.82) is 0 Å². The van der Waals surface area contributed by atoms with Gasteiger partial charge in [0.1, 0.15) is 0 Å². The largest absolute Gasteiger partial charge is 0.451 e. The SMILES string of the molecule is O=C(OC(c1ccccc1)c1ccccn1)C1CCCCC1. The summed E-state index contributed by atoms with van der Waals surface area (Å²) in [5.41, 5.74) is 1.74. The molecule has 1 saturated carbocycles. The number of nitrogens with zero attached hydrogens (tertiary/aromatic N) is 1. The highest BCUT2D eigenvalue weighted by Crippen LogP contribution is 2.30. The number of esters is 1. The van der Waals surface area contributed by atoms with E-state index < -0.39 is 6.10 Å². The molecule has 1 aliphatic rings. The third-order valence-corrected chi connectivity index (χ3v) is 4.23. The number of rotatable bonds is 4. The molecule has 3 rings (SSSR count). The van der Waals surface area contributed by atoms with Crippen LogP contribution in [0.4, 0.5) is 0 Å². The Morgan fingerprint density at radius 3 is 2.41 bits per heavy atom. The molecule has 22 heavy (non-hydrogen) atoms. The number of ether oxygens (including phenoxy) is 1. The van der Waals surface area contributed by atoms with Crippen LogP contribution >= 0.6 is 0 Å². The van der Waals surface area contributed by atoms with Crippen molar-refractivity contribution in [3.63, 3.8) is 0 Å². The minimum absolute atomic E-state index is 0.0451. The van der Waals surface area contributed by atoms with Gasteiger partial charge >= 0.3 is 5.97 Å². The Morgan fingerprint density at radius 2 is 1.73 bits per heavy atom. The van der Waals surface area contributed by atoms with Gasteiger partial charge in [-0.05, 0) is 30.5 Å². The molecule has 0 aliphatic heterocycles. The highest BCUT2D eigenvalue weighted by atomic mass is 16.5. The molecule has 1 aromatic carbocycles. The second kappa shape index (κ2) is 7.21. The topological polar surface area (TPSA) is 39.2 Å². The third kappa shape index (κ3) is 3.53. The van der Waals surface area contributed by atoms with E-state index in [9.17, 15) is 4.79 Å². The second-order valence-electron chi connectivity index (χ2n) is 5.82. The van der Waals surface area contributed by atoms with Crippen molar-refractivity contribution in [2.45, 2.75) is 38.2 Å². The summed E-state index contributed by atoms with van der Waals surface area (Å²) in [7, 11) is 0. The van der Waals surface area contributed by atoms with Crippen molar-refractivity contribution in [1.82, 2.24) is 4.98 Å². The van der Waals surface area contributed by atoms with Crippen LogP contribution in [0, 0.1) is 5.92 Å². The van der Waals surface area contributed by atoms with Gasteiger partial charge in [-0.15, -0.1) is 0 Å². The zero-order valence-electron chi connectivity index (χ0n) is 12.7. The molecular weight excluding hydrogens is 274 g/mol. The van der Waals surface area contributed by atoms with Gasteiger partial charge in [0.25, 0.3) is 0 Å². The van der Waals surface area contributed by atoms with E-state index in [-0.39, 0.29) is 11.9 Å². The Bertz CT molecular complexity index is 552. The van der Waals surface area contributed by atoms with E-state index in [2.05, 4.69) is 4.98 Å². The van der Waals surface area contributed by atoms with Crippen LogP contribution in [0.3, 0.4) is 0 Å². The molecule has 1 fully saturated rings. The zero-order chi connectivity index (χ0) is 15.2. The number of carbonyl (C=O) groups is 1. The normalized spacial score (nSPS) is 16.9. The third-order valence-electron chi connectivity index (χ3n) is 4.23. The van der Waals surface area contributed by atoms with Crippen molar-refractivity contribution in [3.8, 4) is 0 Å². The Labute approximate surface area is 131 Å². The van der Waals surface area contributed by atoms with Gasteiger partial charge in [0.05, 0.1) is 11.6 Å². The van der Waals surface area contributed by atoms with E-state index in [4.69, 9.17) is 4.74 Å². The first-order valence-electron chi connectivity index (χ1n) is 8.01. The molecule has 1 unspecified atom stereocenters. The lowest BCUT2D eigenvalue weighted by Gasteiger charge is -2.24. The van der Waals surface area contributed by atoms with Crippen LogP contribution in [0.15, 0.2) is 54.7 Å². The molecule has 1 heterocycles. The monoisotopic (exact) mass is 295 g/mol. The van der Waals surface area contributed by atoms with Crippen molar-refractivity contribution in [2.24, 2.45) is 5.92 Å². The van der Waals surface area contributed by atoms with Crippen LogP contribution in [0.2, 0.25) is 0 Å². The molecule has 0 spiro atoms. The average Bonchev–Trinajstić information content (AvgIpc) is 2.62. The van der Waals surface area contributed by atoms with Gasteiger partial charge in [-0.1, -0.05) is 55.7 Å². The van der Waals surface area contributed by atoms with Crippen LogP contribution in [0.1, 0.15) is 49.5 Å². The van der Waals surface area contributed by atoms with Gasteiger partial charge < -0.3 is 4.74 Å². The van der Waals surface area contributed by atoms with E-state index in [1.807, 2.05) is 48.5 Å². The molecule has 1 atom stereocenters. The lowest BCUT2D eigenvalue weighted by molar-refractivity contribution is -0.153. The average molecular weight is 295 g/mol. The van der Waals surface area contributed by atoms with Crippen molar-refractivity contribution in [2.75, 3.05) is 0 Å². The van der Waals surface area contributed by atoms with Crippen molar-refractivity contribution < 1.29 is 9.53 Å². The first kappa shape index (κ1) is 14.8. The van der Waals surface area contributed by atoms with Crippen molar-refractivity contribution in [3.05, 3.63) is 66.0 Å². The van der Waals surface area contributed by atoms with E-state index in [1.54, 1.807) is 6.20 Å². The predicted octanol–water partition coefficient (Wildman–Crippen LogP) is 4.29. The molecule has 3 heteroatoms. The summed E-state index contributed by atoms with van der Waals surface area (Å²) in [4.78, 5) is 16.9. The molecule has 0 radical (unpaired) electrons. The Morgan fingerprint density at radius 1 is 1.00 bits per heavy atom. The van der Waals surface area contributed by atoms with Crippen LogP contribution in [0.5, 0.6) is 0 Å². The minimum Gasteiger partial charge on any atom is -0.451 e. The van der Waals surface area contributed by atoms with E-state index in [0.717, 1.165) is 36.9 Å². The summed E-state index contributed by atoms with van der Waals surface area (Å²) in [6.45, 7) is 0. The summed E-state index contributed by atoms with van der Waals surface area (Å²) in [6, 6.07) is 15.5. The predicted molar refractivity (Wildman–Crippen MR) is 85.2 cm³/mol. The summed E-state index contributed by atoms with van der Waals surface area (Å²) in [5, 5.41) is 0. The van der Waals surface area contributed by atoms with E-state index in [1.165, 1.54) is 6.42 Å². The van der Waals surface area contributed by atoms with Gasteiger partial charge in [0.15, 0.2) is 6.10 Å². The van der Waals surface area contributed by atoms with E-state index in [0.29, 0.717) is 0 Å². The number of hydrogen-bond acceptors (Lipinski definition) is 3. The number of hydrogen-bond donors (Lipinski definition) is 0. The molecule has 1 aromatic heterocycles. The summed E-state index contributed by atoms with van der Waals surface area (Å²) >= 11 is 0. The van der Waals surface area contributed by atoms with Gasteiger partial charge in [0.2, 0.25) is 0 Å². The smallest absolute Gasteiger partial charge is 0.309 e.